The molecule has 0 N–H and O–H groups in total. The van der Waals surface area contributed by atoms with Gasteiger partial charge in [-0.05, 0) is 24.3 Å². The highest BCUT2D eigenvalue weighted by molar-refractivity contribution is 7.98. The third-order valence-electron chi connectivity index (χ3n) is 4.53. The van der Waals surface area contributed by atoms with Gasteiger partial charge in [0.2, 0.25) is 5.95 Å². The van der Waals surface area contributed by atoms with Crippen LogP contribution < -0.4 is 9.64 Å². The van der Waals surface area contributed by atoms with Crippen molar-refractivity contribution in [3.63, 3.8) is 0 Å². The van der Waals surface area contributed by atoms with E-state index in [1.54, 1.807) is 24.9 Å². The molecule has 0 amide bonds. The number of rotatable bonds is 6. The normalized spacial score (nSPS) is 14.3. The molecule has 8 heteroatoms. The summed E-state index contributed by atoms with van der Waals surface area (Å²) in [4.78, 5) is 2.12. The van der Waals surface area contributed by atoms with E-state index in [4.69, 9.17) is 9.47 Å². The van der Waals surface area contributed by atoms with Crippen molar-refractivity contribution < 1.29 is 13.9 Å². The zero-order chi connectivity index (χ0) is 19.3. The van der Waals surface area contributed by atoms with Crippen LogP contribution in [0.1, 0.15) is 5.56 Å². The molecule has 1 fully saturated rings. The highest BCUT2D eigenvalue weighted by Gasteiger charge is 2.22. The molecule has 1 aliphatic heterocycles. The molecule has 1 saturated heterocycles. The Bertz CT molecular complexity index is 943. The minimum atomic E-state index is -0.292. The van der Waals surface area contributed by atoms with Crippen LogP contribution in [0.15, 0.2) is 53.7 Å². The van der Waals surface area contributed by atoms with Gasteiger partial charge >= 0.3 is 0 Å². The van der Waals surface area contributed by atoms with Crippen molar-refractivity contribution in [2.75, 3.05) is 38.3 Å². The number of hydrogen-bond acceptors (Lipinski definition) is 6. The van der Waals surface area contributed by atoms with Gasteiger partial charge in [-0.25, -0.2) is 4.39 Å². The lowest BCUT2D eigenvalue weighted by Crippen LogP contribution is -2.37. The smallest absolute Gasteiger partial charge is 0.232 e. The van der Waals surface area contributed by atoms with E-state index in [0.29, 0.717) is 35.8 Å². The van der Waals surface area contributed by atoms with E-state index in [2.05, 4.69) is 15.1 Å². The number of ether oxygens (including phenoxy) is 2. The lowest BCUT2D eigenvalue weighted by Gasteiger charge is -2.27. The predicted octanol–water partition coefficient (Wildman–Crippen LogP) is 3.54. The van der Waals surface area contributed by atoms with Crippen LogP contribution >= 0.6 is 11.8 Å². The van der Waals surface area contributed by atoms with E-state index < -0.39 is 0 Å². The SMILES string of the molecule is COc1ccccc1CSc1nnc(N2CCOCC2)n1-c1cccc(F)c1. The van der Waals surface area contributed by atoms with Gasteiger partial charge < -0.3 is 14.4 Å². The summed E-state index contributed by atoms with van der Waals surface area (Å²) in [7, 11) is 1.66. The molecule has 0 aliphatic carbocycles. The standard InChI is InChI=1S/C20H21FN4O2S/c1-26-18-8-3-2-5-15(18)14-28-20-23-22-19(24-9-11-27-12-10-24)25(20)17-7-4-6-16(21)13-17/h2-8,13H,9-12,14H2,1H3. The highest BCUT2D eigenvalue weighted by Crippen LogP contribution is 2.31. The number of benzene rings is 2. The number of para-hydroxylation sites is 1. The molecule has 2 heterocycles. The molecular formula is C20H21FN4O2S. The Hall–Kier alpha value is -2.58. The fraction of sp³-hybridized carbons (Fsp3) is 0.300. The Balaban J connectivity index is 1.67. The quantitative estimate of drug-likeness (QED) is 0.590. The first kappa shape index (κ1) is 18.8. The maximum atomic E-state index is 13.9. The predicted molar refractivity (Wildman–Crippen MR) is 107 cm³/mol. The van der Waals surface area contributed by atoms with E-state index in [9.17, 15) is 4.39 Å². The fourth-order valence-electron chi connectivity index (χ4n) is 3.13. The Morgan fingerprint density at radius 1 is 1.11 bits per heavy atom. The summed E-state index contributed by atoms with van der Waals surface area (Å²) in [6.45, 7) is 2.73. The van der Waals surface area contributed by atoms with Gasteiger partial charge in [-0.15, -0.1) is 10.2 Å². The topological polar surface area (TPSA) is 52.4 Å². The number of halogens is 1. The molecule has 2 aromatic carbocycles. The fourth-order valence-corrected chi connectivity index (χ4v) is 4.07. The minimum absolute atomic E-state index is 0.292. The molecule has 28 heavy (non-hydrogen) atoms. The molecule has 0 spiro atoms. The van der Waals surface area contributed by atoms with Gasteiger partial charge in [0, 0.05) is 24.4 Å². The van der Waals surface area contributed by atoms with Crippen molar-refractivity contribution in [1.82, 2.24) is 14.8 Å². The molecule has 1 aromatic heterocycles. The highest BCUT2D eigenvalue weighted by atomic mass is 32.2. The van der Waals surface area contributed by atoms with Crippen molar-refractivity contribution in [3.8, 4) is 11.4 Å². The van der Waals surface area contributed by atoms with Gasteiger partial charge in [0.1, 0.15) is 11.6 Å². The van der Waals surface area contributed by atoms with Crippen LogP contribution in [-0.2, 0) is 10.5 Å². The van der Waals surface area contributed by atoms with Crippen molar-refractivity contribution in [2.45, 2.75) is 10.9 Å². The van der Waals surface area contributed by atoms with Crippen LogP contribution in [0.25, 0.3) is 5.69 Å². The summed E-state index contributed by atoms with van der Waals surface area (Å²) in [5.74, 6) is 1.91. The zero-order valence-electron chi connectivity index (χ0n) is 15.5. The van der Waals surface area contributed by atoms with Gasteiger partial charge in [0.15, 0.2) is 5.16 Å². The number of methoxy groups -OCH3 is 1. The third-order valence-corrected chi connectivity index (χ3v) is 5.50. The number of morpholine rings is 1. The first-order chi connectivity index (χ1) is 13.8. The molecule has 0 atom stereocenters. The monoisotopic (exact) mass is 400 g/mol. The number of anilines is 1. The van der Waals surface area contributed by atoms with Crippen molar-refractivity contribution >= 4 is 17.7 Å². The van der Waals surface area contributed by atoms with Crippen LogP contribution in [0.5, 0.6) is 5.75 Å². The van der Waals surface area contributed by atoms with Gasteiger partial charge in [-0.1, -0.05) is 36.0 Å². The summed E-state index contributed by atoms with van der Waals surface area (Å²) >= 11 is 1.54. The van der Waals surface area contributed by atoms with E-state index in [1.165, 1.54) is 12.1 Å². The maximum Gasteiger partial charge on any atom is 0.232 e. The van der Waals surface area contributed by atoms with Gasteiger partial charge in [-0.2, -0.15) is 0 Å². The van der Waals surface area contributed by atoms with Crippen molar-refractivity contribution in [2.24, 2.45) is 0 Å². The Morgan fingerprint density at radius 2 is 1.93 bits per heavy atom. The zero-order valence-corrected chi connectivity index (χ0v) is 16.4. The van der Waals surface area contributed by atoms with Gasteiger partial charge in [-0.3, -0.25) is 4.57 Å². The summed E-state index contributed by atoms with van der Waals surface area (Å²) < 4.78 is 26.7. The third kappa shape index (κ3) is 3.98. The molecule has 0 saturated carbocycles. The number of hydrogen-bond donors (Lipinski definition) is 0. The summed E-state index contributed by atoms with van der Waals surface area (Å²) in [6, 6.07) is 14.4. The lowest BCUT2D eigenvalue weighted by molar-refractivity contribution is 0.122. The molecule has 0 radical (unpaired) electrons. The van der Waals surface area contributed by atoms with E-state index in [-0.39, 0.29) is 5.82 Å². The Morgan fingerprint density at radius 3 is 2.71 bits per heavy atom. The molecule has 0 bridgehead atoms. The summed E-state index contributed by atoms with van der Waals surface area (Å²) in [6.07, 6.45) is 0. The first-order valence-electron chi connectivity index (χ1n) is 9.05. The first-order valence-corrected chi connectivity index (χ1v) is 10.0. The van der Waals surface area contributed by atoms with E-state index >= 15 is 0 Å². The largest absolute Gasteiger partial charge is 0.496 e. The molecule has 0 unspecified atom stereocenters. The second kappa shape index (κ2) is 8.62. The van der Waals surface area contributed by atoms with Crippen LogP contribution in [0.2, 0.25) is 0 Å². The Labute approximate surface area is 167 Å². The average Bonchev–Trinajstić information content (AvgIpc) is 3.17. The van der Waals surface area contributed by atoms with Crippen molar-refractivity contribution in [3.05, 3.63) is 59.9 Å². The second-order valence-corrected chi connectivity index (χ2v) is 7.24. The average molecular weight is 400 g/mol. The summed E-state index contributed by atoms with van der Waals surface area (Å²) in [5.41, 5.74) is 1.77. The lowest BCUT2D eigenvalue weighted by atomic mass is 10.2. The number of thioether (sulfide) groups is 1. The minimum Gasteiger partial charge on any atom is -0.496 e. The Kier molecular flexibility index (Phi) is 5.78. The van der Waals surface area contributed by atoms with Crippen molar-refractivity contribution in [1.29, 1.82) is 0 Å². The molecular weight excluding hydrogens is 379 g/mol. The number of nitrogens with zero attached hydrogens (tertiary/aromatic N) is 4. The van der Waals surface area contributed by atoms with Gasteiger partial charge in [0.25, 0.3) is 0 Å². The van der Waals surface area contributed by atoms with Gasteiger partial charge in [0.05, 0.1) is 26.0 Å². The van der Waals surface area contributed by atoms with Crippen LogP contribution in [0.4, 0.5) is 10.3 Å². The molecule has 146 valence electrons. The summed E-state index contributed by atoms with van der Waals surface area (Å²) in [5, 5.41) is 9.51. The molecule has 1 aliphatic rings. The van der Waals surface area contributed by atoms with E-state index in [1.807, 2.05) is 34.9 Å². The second-order valence-electron chi connectivity index (χ2n) is 6.30. The van der Waals surface area contributed by atoms with Crippen LogP contribution in [0, 0.1) is 5.82 Å². The number of aromatic nitrogens is 3. The maximum absolute atomic E-state index is 13.9. The molecule has 4 rings (SSSR count). The molecule has 3 aromatic rings. The van der Waals surface area contributed by atoms with Crippen LogP contribution in [0.3, 0.4) is 0 Å². The van der Waals surface area contributed by atoms with E-state index in [0.717, 1.165) is 24.4 Å². The molecule has 6 nitrogen and oxygen atoms in total. The van der Waals surface area contributed by atoms with Crippen LogP contribution in [-0.4, -0.2) is 48.2 Å².